The molecule has 2 rings (SSSR count). The number of guanidine groups is 1. The Morgan fingerprint density at radius 1 is 1.39 bits per heavy atom. The molecule has 0 spiro atoms. The second-order valence-corrected chi connectivity index (χ2v) is 7.48. The van der Waals surface area contributed by atoms with Crippen molar-refractivity contribution in [2.45, 2.75) is 19.3 Å². The van der Waals surface area contributed by atoms with E-state index in [1.807, 2.05) is 12.1 Å². The number of aliphatic imine (C=N–C) groups is 1. The van der Waals surface area contributed by atoms with Gasteiger partial charge in [0.25, 0.3) is 0 Å². The number of ether oxygens (including phenoxy) is 1. The minimum Gasteiger partial charge on any atom is -0.495 e. The molecule has 0 amide bonds. The van der Waals surface area contributed by atoms with Gasteiger partial charge in [-0.25, -0.2) is 13.1 Å². The van der Waals surface area contributed by atoms with Gasteiger partial charge in [0.1, 0.15) is 5.75 Å². The van der Waals surface area contributed by atoms with E-state index in [1.165, 1.54) is 6.42 Å². The summed E-state index contributed by atoms with van der Waals surface area (Å²) in [5.74, 6) is 1.21. The molecule has 0 radical (unpaired) electrons. The van der Waals surface area contributed by atoms with Crippen LogP contribution in [-0.2, 0) is 10.0 Å². The lowest BCUT2D eigenvalue weighted by molar-refractivity contribution is 0.316. The minimum absolute atomic E-state index is 0.0754. The Hall–Kier alpha value is -1.80. The van der Waals surface area contributed by atoms with Crippen LogP contribution in [-0.4, -0.2) is 40.3 Å². The molecule has 23 heavy (non-hydrogen) atoms. The Labute approximate surface area is 137 Å². The standard InChI is InChI=1S/C15H24N4O3S/c1-22-14-8-3-2-7-13(14)19-15(16)17-9-10-23(20,21)18-11-12-5-4-6-12/h2-3,7-8,12,18H,4-6,9-11H2,1H3,(H3,16,17,19). The van der Waals surface area contributed by atoms with Gasteiger partial charge >= 0.3 is 0 Å². The van der Waals surface area contributed by atoms with Crippen LogP contribution in [0.15, 0.2) is 29.3 Å². The Morgan fingerprint density at radius 3 is 2.78 bits per heavy atom. The highest BCUT2D eigenvalue weighted by Crippen LogP contribution is 2.25. The fraction of sp³-hybridized carbons (Fsp3) is 0.533. The number of nitrogens with two attached hydrogens (primary N) is 1. The van der Waals surface area contributed by atoms with Gasteiger partial charge in [-0.2, -0.15) is 0 Å². The fourth-order valence-corrected chi connectivity index (χ4v) is 3.19. The molecule has 1 aromatic rings. The number of anilines is 1. The smallest absolute Gasteiger partial charge is 0.213 e. The molecule has 0 saturated heterocycles. The van der Waals surface area contributed by atoms with Crippen LogP contribution in [0.5, 0.6) is 5.75 Å². The van der Waals surface area contributed by atoms with Crippen LogP contribution < -0.4 is 20.5 Å². The van der Waals surface area contributed by atoms with E-state index in [4.69, 9.17) is 10.5 Å². The van der Waals surface area contributed by atoms with Crippen LogP contribution >= 0.6 is 0 Å². The summed E-state index contributed by atoms with van der Waals surface area (Å²) in [6.45, 7) is 0.634. The summed E-state index contributed by atoms with van der Waals surface area (Å²) in [6, 6.07) is 7.28. The second kappa shape index (κ2) is 8.16. The first-order valence-electron chi connectivity index (χ1n) is 7.67. The summed E-state index contributed by atoms with van der Waals surface area (Å²) < 4.78 is 31.5. The molecule has 8 heteroatoms. The van der Waals surface area contributed by atoms with Crippen LogP contribution in [0.3, 0.4) is 0 Å². The summed E-state index contributed by atoms with van der Waals surface area (Å²) >= 11 is 0. The van der Waals surface area contributed by atoms with Gasteiger partial charge in [0.05, 0.1) is 25.1 Å². The van der Waals surface area contributed by atoms with Crippen LogP contribution in [0.2, 0.25) is 0 Å². The molecule has 1 aliphatic carbocycles. The summed E-state index contributed by atoms with van der Waals surface area (Å²) in [6.07, 6.45) is 3.41. The van der Waals surface area contributed by atoms with Crippen molar-refractivity contribution in [3.63, 3.8) is 0 Å². The SMILES string of the molecule is COc1ccccc1NC(N)=NCCS(=O)(=O)NCC1CCC1. The molecule has 1 fully saturated rings. The molecule has 1 saturated carbocycles. The highest BCUT2D eigenvalue weighted by Gasteiger charge is 2.19. The van der Waals surface area contributed by atoms with E-state index in [-0.39, 0.29) is 18.3 Å². The molecule has 0 aromatic heterocycles. The maximum atomic E-state index is 11.9. The van der Waals surface area contributed by atoms with Crippen molar-refractivity contribution in [1.29, 1.82) is 0 Å². The topological polar surface area (TPSA) is 106 Å². The highest BCUT2D eigenvalue weighted by molar-refractivity contribution is 7.89. The van der Waals surface area contributed by atoms with E-state index in [9.17, 15) is 8.42 Å². The number of para-hydroxylation sites is 2. The summed E-state index contributed by atoms with van der Waals surface area (Å²) in [7, 11) is -1.74. The zero-order chi connectivity index (χ0) is 16.7. The number of hydrogen-bond donors (Lipinski definition) is 3. The number of hydrogen-bond acceptors (Lipinski definition) is 4. The number of methoxy groups -OCH3 is 1. The normalized spacial score (nSPS) is 16.0. The van der Waals surface area contributed by atoms with E-state index in [1.54, 1.807) is 19.2 Å². The van der Waals surface area contributed by atoms with E-state index in [0.29, 0.717) is 23.9 Å². The van der Waals surface area contributed by atoms with Crippen molar-refractivity contribution < 1.29 is 13.2 Å². The molecule has 7 nitrogen and oxygen atoms in total. The number of nitrogens with zero attached hydrogens (tertiary/aromatic N) is 1. The Morgan fingerprint density at radius 2 is 2.13 bits per heavy atom. The third-order valence-electron chi connectivity index (χ3n) is 3.83. The van der Waals surface area contributed by atoms with Crippen LogP contribution in [0.4, 0.5) is 5.69 Å². The van der Waals surface area contributed by atoms with Gasteiger partial charge in [0.2, 0.25) is 10.0 Å². The predicted octanol–water partition coefficient (Wildman–Crippen LogP) is 1.14. The fourth-order valence-electron chi connectivity index (χ4n) is 2.23. The van der Waals surface area contributed by atoms with Crippen molar-refractivity contribution in [2.75, 3.05) is 31.3 Å². The van der Waals surface area contributed by atoms with Gasteiger partial charge in [-0.3, -0.25) is 4.99 Å². The Kier molecular flexibility index (Phi) is 6.23. The molecular weight excluding hydrogens is 316 g/mol. The molecule has 0 aliphatic heterocycles. The Balaban J connectivity index is 1.79. The second-order valence-electron chi connectivity index (χ2n) is 5.56. The summed E-state index contributed by atoms with van der Waals surface area (Å²) in [4.78, 5) is 4.05. The van der Waals surface area contributed by atoms with Gasteiger partial charge < -0.3 is 15.8 Å². The molecule has 0 unspecified atom stereocenters. The number of benzene rings is 1. The molecule has 1 aliphatic rings. The molecular formula is C15H24N4O3S. The van der Waals surface area contributed by atoms with E-state index in [2.05, 4.69) is 15.0 Å². The van der Waals surface area contributed by atoms with Crippen molar-refractivity contribution in [3.8, 4) is 5.75 Å². The average molecular weight is 340 g/mol. The number of nitrogens with one attached hydrogen (secondary N) is 2. The zero-order valence-electron chi connectivity index (χ0n) is 13.3. The lowest BCUT2D eigenvalue weighted by Gasteiger charge is -2.25. The van der Waals surface area contributed by atoms with Crippen LogP contribution in [0.25, 0.3) is 0 Å². The third kappa shape index (κ3) is 5.72. The molecule has 0 bridgehead atoms. The monoisotopic (exact) mass is 340 g/mol. The quantitative estimate of drug-likeness (QED) is 0.486. The lowest BCUT2D eigenvalue weighted by atomic mass is 9.86. The predicted molar refractivity (Wildman–Crippen MR) is 92.2 cm³/mol. The number of sulfonamides is 1. The van der Waals surface area contributed by atoms with Gasteiger partial charge in [-0.15, -0.1) is 0 Å². The van der Waals surface area contributed by atoms with Crippen molar-refractivity contribution in [2.24, 2.45) is 16.6 Å². The lowest BCUT2D eigenvalue weighted by Crippen LogP contribution is -2.34. The first-order chi connectivity index (χ1) is 11.0. The molecule has 0 heterocycles. The van der Waals surface area contributed by atoms with Crippen LogP contribution in [0, 0.1) is 5.92 Å². The Bertz CT molecular complexity index is 642. The summed E-state index contributed by atoms with van der Waals surface area (Å²) in [5, 5.41) is 2.90. The maximum absolute atomic E-state index is 11.9. The maximum Gasteiger partial charge on any atom is 0.213 e. The third-order valence-corrected chi connectivity index (χ3v) is 5.16. The van der Waals surface area contributed by atoms with Gasteiger partial charge in [0.15, 0.2) is 5.96 Å². The highest BCUT2D eigenvalue weighted by atomic mass is 32.2. The van der Waals surface area contributed by atoms with Crippen LogP contribution in [0.1, 0.15) is 19.3 Å². The molecule has 0 atom stereocenters. The van der Waals surface area contributed by atoms with Gasteiger partial charge in [-0.05, 0) is 30.9 Å². The minimum atomic E-state index is -3.30. The average Bonchev–Trinajstić information content (AvgIpc) is 2.45. The van der Waals surface area contributed by atoms with Crippen molar-refractivity contribution in [3.05, 3.63) is 24.3 Å². The van der Waals surface area contributed by atoms with Crippen molar-refractivity contribution >= 4 is 21.7 Å². The van der Waals surface area contributed by atoms with E-state index in [0.717, 1.165) is 12.8 Å². The molecule has 128 valence electrons. The largest absolute Gasteiger partial charge is 0.495 e. The van der Waals surface area contributed by atoms with Crippen molar-refractivity contribution in [1.82, 2.24) is 4.72 Å². The molecule has 1 aromatic carbocycles. The summed E-state index contributed by atoms with van der Waals surface area (Å²) in [5.41, 5.74) is 6.46. The first kappa shape index (κ1) is 17.6. The van der Waals surface area contributed by atoms with E-state index < -0.39 is 10.0 Å². The molecule has 4 N–H and O–H groups in total. The van der Waals surface area contributed by atoms with Gasteiger partial charge in [0, 0.05) is 6.54 Å². The first-order valence-corrected chi connectivity index (χ1v) is 9.32. The number of rotatable bonds is 8. The van der Waals surface area contributed by atoms with Gasteiger partial charge in [-0.1, -0.05) is 18.6 Å². The zero-order valence-corrected chi connectivity index (χ0v) is 14.1. The van der Waals surface area contributed by atoms with E-state index >= 15 is 0 Å².